The van der Waals surface area contributed by atoms with Crippen LogP contribution in [0.2, 0.25) is 0 Å². The summed E-state index contributed by atoms with van der Waals surface area (Å²) in [6, 6.07) is 15.0. The Morgan fingerprint density at radius 2 is 2.09 bits per heavy atom. The van der Waals surface area contributed by atoms with Gasteiger partial charge >= 0.3 is 0 Å². The second-order valence-corrected chi connectivity index (χ2v) is 5.60. The van der Waals surface area contributed by atoms with Gasteiger partial charge in [-0.2, -0.15) is 0 Å². The highest BCUT2D eigenvalue weighted by atomic mass is 16.5. The van der Waals surface area contributed by atoms with E-state index in [-0.39, 0.29) is 18.4 Å². The van der Waals surface area contributed by atoms with Crippen molar-refractivity contribution in [1.29, 1.82) is 0 Å². The first kappa shape index (κ1) is 14.6. The monoisotopic (exact) mass is 297 g/mol. The molecule has 22 heavy (non-hydrogen) atoms. The number of amides is 1. The third kappa shape index (κ3) is 3.12. The van der Waals surface area contributed by atoms with Gasteiger partial charge < -0.3 is 15.2 Å². The molecule has 1 amide bonds. The topological polar surface area (TPSA) is 58.6 Å². The Kier molecular flexibility index (Phi) is 4.11. The summed E-state index contributed by atoms with van der Waals surface area (Å²) >= 11 is 0. The fraction of sp³-hybridized carbons (Fsp3) is 0.278. The second kappa shape index (κ2) is 6.20. The van der Waals surface area contributed by atoms with Gasteiger partial charge in [-0.05, 0) is 18.6 Å². The van der Waals surface area contributed by atoms with E-state index >= 15 is 0 Å². The first-order chi connectivity index (χ1) is 10.6. The van der Waals surface area contributed by atoms with Gasteiger partial charge in [0.1, 0.15) is 12.4 Å². The fourth-order valence-electron chi connectivity index (χ4n) is 2.68. The summed E-state index contributed by atoms with van der Waals surface area (Å²) in [5.74, 6) is 0.638. The van der Waals surface area contributed by atoms with E-state index in [2.05, 4.69) is 5.32 Å². The Balaban J connectivity index is 1.63. The lowest BCUT2D eigenvalue weighted by Crippen LogP contribution is -2.30. The molecule has 2 N–H and O–H groups in total. The number of hydrogen-bond acceptors (Lipinski definition) is 3. The molecule has 0 saturated carbocycles. The minimum absolute atomic E-state index is 0.0433. The van der Waals surface area contributed by atoms with Gasteiger partial charge in [-0.1, -0.05) is 48.0 Å². The van der Waals surface area contributed by atoms with Crippen LogP contribution in [-0.4, -0.2) is 17.6 Å². The molecule has 3 rings (SSSR count). The number of aryl methyl sites for hydroxylation is 1. The zero-order valence-electron chi connectivity index (χ0n) is 12.5. The van der Waals surface area contributed by atoms with Gasteiger partial charge in [0.15, 0.2) is 0 Å². The molecule has 1 aliphatic heterocycles. The summed E-state index contributed by atoms with van der Waals surface area (Å²) in [5, 5.41) is 13.1. The van der Waals surface area contributed by atoms with Gasteiger partial charge in [0.05, 0.1) is 18.6 Å². The lowest BCUT2D eigenvalue weighted by atomic mass is 10.0. The van der Waals surface area contributed by atoms with Gasteiger partial charge in [0.2, 0.25) is 5.91 Å². The predicted molar refractivity (Wildman–Crippen MR) is 83.6 cm³/mol. The zero-order chi connectivity index (χ0) is 15.5. The fourth-order valence-corrected chi connectivity index (χ4v) is 2.68. The third-order valence-electron chi connectivity index (χ3n) is 3.84. The van der Waals surface area contributed by atoms with E-state index in [1.165, 1.54) is 0 Å². The number of rotatable bonds is 4. The van der Waals surface area contributed by atoms with Crippen molar-refractivity contribution in [2.75, 3.05) is 6.61 Å². The Hall–Kier alpha value is -2.33. The highest BCUT2D eigenvalue weighted by Gasteiger charge is 2.26. The number of aliphatic hydroxyl groups excluding tert-OH is 1. The van der Waals surface area contributed by atoms with Gasteiger partial charge in [-0.15, -0.1) is 0 Å². The van der Waals surface area contributed by atoms with Gasteiger partial charge in [0, 0.05) is 5.56 Å². The van der Waals surface area contributed by atoms with Crippen molar-refractivity contribution in [3.63, 3.8) is 0 Å². The molecular formula is C18H19NO3. The molecule has 114 valence electrons. The maximum Gasteiger partial charge on any atom is 0.223 e. The van der Waals surface area contributed by atoms with E-state index in [1.807, 2.05) is 55.5 Å². The van der Waals surface area contributed by atoms with Crippen LogP contribution in [0.4, 0.5) is 0 Å². The van der Waals surface area contributed by atoms with Crippen LogP contribution in [-0.2, 0) is 4.79 Å². The molecule has 1 heterocycles. The second-order valence-electron chi connectivity index (χ2n) is 5.60. The van der Waals surface area contributed by atoms with E-state index in [0.29, 0.717) is 6.61 Å². The number of ether oxygens (including phenoxy) is 1. The van der Waals surface area contributed by atoms with Crippen LogP contribution in [0.25, 0.3) is 0 Å². The number of fused-ring (bicyclic) bond motifs is 1. The van der Waals surface area contributed by atoms with Crippen molar-refractivity contribution in [2.45, 2.75) is 25.5 Å². The molecule has 2 atom stereocenters. The average molecular weight is 297 g/mol. The van der Waals surface area contributed by atoms with Crippen LogP contribution in [0.3, 0.4) is 0 Å². The number of hydrogen-bond donors (Lipinski definition) is 2. The van der Waals surface area contributed by atoms with E-state index in [4.69, 9.17) is 4.74 Å². The highest BCUT2D eigenvalue weighted by molar-refractivity contribution is 5.77. The van der Waals surface area contributed by atoms with E-state index in [0.717, 1.165) is 22.4 Å². The number of nitrogens with one attached hydrogen (secondary N) is 1. The lowest BCUT2D eigenvalue weighted by Gasteiger charge is -2.15. The van der Waals surface area contributed by atoms with Crippen molar-refractivity contribution in [1.82, 2.24) is 5.32 Å². The maximum absolute atomic E-state index is 12.2. The normalized spacial score (nSPS) is 17.5. The molecule has 0 aromatic heterocycles. The molecule has 2 aromatic rings. The van der Waals surface area contributed by atoms with Crippen molar-refractivity contribution in [3.05, 3.63) is 65.2 Å². The Morgan fingerprint density at radius 1 is 1.32 bits per heavy atom. The molecule has 4 nitrogen and oxygen atoms in total. The number of benzene rings is 2. The Morgan fingerprint density at radius 3 is 2.86 bits per heavy atom. The van der Waals surface area contributed by atoms with Crippen LogP contribution in [0.15, 0.2) is 48.5 Å². The quantitative estimate of drug-likeness (QED) is 0.912. The zero-order valence-corrected chi connectivity index (χ0v) is 12.5. The van der Waals surface area contributed by atoms with E-state index in [1.54, 1.807) is 0 Å². The first-order valence-electron chi connectivity index (χ1n) is 7.39. The van der Waals surface area contributed by atoms with Crippen LogP contribution in [0, 0.1) is 6.92 Å². The van der Waals surface area contributed by atoms with Crippen LogP contribution in [0.1, 0.15) is 35.3 Å². The molecule has 0 bridgehead atoms. The van der Waals surface area contributed by atoms with Crippen molar-refractivity contribution >= 4 is 5.91 Å². The summed E-state index contributed by atoms with van der Waals surface area (Å²) < 4.78 is 5.58. The predicted octanol–water partition coefficient (Wildman–Crippen LogP) is 2.67. The Bertz CT molecular complexity index is 669. The molecule has 0 fully saturated rings. The van der Waals surface area contributed by atoms with Crippen LogP contribution in [0.5, 0.6) is 5.75 Å². The lowest BCUT2D eigenvalue weighted by molar-refractivity contribution is -0.123. The van der Waals surface area contributed by atoms with Crippen molar-refractivity contribution < 1.29 is 14.6 Å². The molecule has 0 radical (unpaired) electrons. The number of aliphatic hydroxyl groups is 1. The average Bonchev–Trinajstić information content (AvgIpc) is 2.90. The SMILES string of the molecule is Cc1ccc2c(c1)C(NC(=O)CC(O)c1ccccc1)CO2. The van der Waals surface area contributed by atoms with Crippen molar-refractivity contribution in [3.8, 4) is 5.75 Å². The van der Waals surface area contributed by atoms with Gasteiger partial charge in [-0.25, -0.2) is 0 Å². The summed E-state index contributed by atoms with van der Waals surface area (Å²) in [5.41, 5.74) is 2.88. The minimum atomic E-state index is -0.791. The summed E-state index contributed by atoms with van der Waals surface area (Å²) in [6.45, 7) is 2.45. The smallest absolute Gasteiger partial charge is 0.223 e. The van der Waals surface area contributed by atoms with Crippen LogP contribution < -0.4 is 10.1 Å². The third-order valence-corrected chi connectivity index (χ3v) is 3.84. The summed E-state index contributed by atoms with van der Waals surface area (Å²) in [7, 11) is 0. The minimum Gasteiger partial charge on any atom is -0.491 e. The molecule has 2 unspecified atom stereocenters. The summed E-state index contributed by atoms with van der Waals surface area (Å²) in [6.07, 6.45) is -0.748. The highest BCUT2D eigenvalue weighted by Crippen LogP contribution is 2.33. The van der Waals surface area contributed by atoms with Crippen LogP contribution >= 0.6 is 0 Å². The molecule has 0 spiro atoms. The first-order valence-corrected chi connectivity index (χ1v) is 7.39. The van der Waals surface area contributed by atoms with Gasteiger partial charge in [-0.3, -0.25) is 4.79 Å². The molecule has 2 aromatic carbocycles. The molecule has 1 aliphatic rings. The summed E-state index contributed by atoms with van der Waals surface area (Å²) in [4.78, 5) is 12.2. The maximum atomic E-state index is 12.2. The molecule has 0 saturated heterocycles. The number of carbonyl (C=O) groups is 1. The largest absolute Gasteiger partial charge is 0.491 e. The molecular weight excluding hydrogens is 278 g/mol. The van der Waals surface area contributed by atoms with E-state index < -0.39 is 6.10 Å². The molecule has 0 aliphatic carbocycles. The molecule has 4 heteroatoms. The standard InChI is InChI=1S/C18H19NO3/c1-12-7-8-17-14(9-12)15(11-22-17)19-18(21)10-16(20)13-5-3-2-4-6-13/h2-9,15-16,20H,10-11H2,1H3,(H,19,21). The van der Waals surface area contributed by atoms with E-state index in [9.17, 15) is 9.90 Å². The Labute approximate surface area is 129 Å². The van der Waals surface area contributed by atoms with Gasteiger partial charge in [0.25, 0.3) is 0 Å². The van der Waals surface area contributed by atoms with Crippen molar-refractivity contribution in [2.24, 2.45) is 0 Å². The number of carbonyl (C=O) groups excluding carboxylic acids is 1.